The SMILES string of the molecule is C=CC[C@@H]1CCC[C@@H]1c1ccc(-c2cccc(NS(C)(=O)=O)c2)cc1. The molecule has 0 spiro atoms. The van der Waals surface area contributed by atoms with E-state index in [-0.39, 0.29) is 0 Å². The normalized spacial score (nSPS) is 20.4. The summed E-state index contributed by atoms with van der Waals surface area (Å²) in [6.45, 7) is 3.89. The topological polar surface area (TPSA) is 46.2 Å². The number of rotatable bonds is 6. The van der Waals surface area contributed by atoms with E-state index in [1.165, 1.54) is 24.8 Å². The zero-order valence-corrected chi connectivity index (χ0v) is 15.4. The lowest BCUT2D eigenvalue weighted by atomic mass is 9.86. The van der Waals surface area contributed by atoms with Crippen LogP contribution in [0.15, 0.2) is 61.2 Å². The molecule has 1 saturated carbocycles. The van der Waals surface area contributed by atoms with E-state index in [0.29, 0.717) is 17.5 Å². The minimum atomic E-state index is -3.26. The Morgan fingerprint density at radius 1 is 1.12 bits per heavy atom. The number of hydrogen-bond acceptors (Lipinski definition) is 2. The summed E-state index contributed by atoms with van der Waals surface area (Å²) in [5, 5.41) is 0. The summed E-state index contributed by atoms with van der Waals surface area (Å²) in [6.07, 6.45) is 8.13. The third-order valence-electron chi connectivity index (χ3n) is 4.97. The lowest BCUT2D eigenvalue weighted by Gasteiger charge is -2.19. The Labute approximate surface area is 150 Å². The summed E-state index contributed by atoms with van der Waals surface area (Å²) in [5.41, 5.74) is 4.10. The van der Waals surface area contributed by atoms with E-state index in [2.05, 4.69) is 35.6 Å². The Balaban J connectivity index is 1.81. The molecule has 4 heteroatoms. The predicted molar refractivity (Wildman–Crippen MR) is 105 cm³/mol. The van der Waals surface area contributed by atoms with E-state index < -0.39 is 10.0 Å². The van der Waals surface area contributed by atoms with Crippen molar-refractivity contribution in [1.82, 2.24) is 0 Å². The Hall–Kier alpha value is -2.07. The van der Waals surface area contributed by atoms with Crippen molar-refractivity contribution in [3.63, 3.8) is 0 Å². The molecule has 0 heterocycles. The molecule has 3 nitrogen and oxygen atoms in total. The summed E-state index contributed by atoms with van der Waals surface area (Å²) >= 11 is 0. The molecule has 0 saturated heterocycles. The fourth-order valence-electron chi connectivity index (χ4n) is 3.87. The Kier molecular flexibility index (Phi) is 5.28. The van der Waals surface area contributed by atoms with Crippen LogP contribution in [0.2, 0.25) is 0 Å². The summed E-state index contributed by atoms with van der Waals surface area (Å²) in [7, 11) is -3.26. The second-order valence-electron chi connectivity index (χ2n) is 6.90. The van der Waals surface area contributed by atoms with Crippen molar-refractivity contribution in [3.8, 4) is 11.1 Å². The van der Waals surface area contributed by atoms with Crippen molar-refractivity contribution in [1.29, 1.82) is 0 Å². The van der Waals surface area contributed by atoms with E-state index >= 15 is 0 Å². The van der Waals surface area contributed by atoms with Crippen molar-refractivity contribution in [3.05, 3.63) is 66.7 Å². The van der Waals surface area contributed by atoms with Crippen LogP contribution in [-0.2, 0) is 10.0 Å². The Morgan fingerprint density at radius 2 is 1.88 bits per heavy atom. The zero-order valence-electron chi connectivity index (χ0n) is 14.6. The van der Waals surface area contributed by atoms with Gasteiger partial charge in [-0.15, -0.1) is 6.58 Å². The maximum Gasteiger partial charge on any atom is 0.229 e. The predicted octanol–water partition coefficient (Wildman–Crippen LogP) is 5.18. The van der Waals surface area contributed by atoms with Gasteiger partial charge in [-0.1, -0.05) is 48.9 Å². The Bertz CT molecular complexity index is 840. The highest BCUT2D eigenvalue weighted by molar-refractivity contribution is 7.92. The third-order valence-corrected chi connectivity index (χ3v) is 5.57. The van der Waals surface area contributed by atoms with E-state index in [4.69, 9.17) is 0 Å². The summed E-state index contributed by atoms with van der Waals surface area (Å²) in [6, 6.07) is 16.2. The van der Waals surface area contributed by atoms with E-state index in [1.807, 2.05) is 24.3 Å². The van der Waals surface area contributed by atoms with Crippen LogP contribution in [-0.4, -0.2) is 14.7 Å². The van der Waals surface area contributed by atoms with Gasteiger partial charge < -0.3 is 0 Å². The van der Waals surface area contributed by atoms with Gasteiger partial charge in [-0.05, 0) is 59.9 Å². The maximum atomic E-state index is 11.4. The molecule has 3 rings (SSSR count). The summed E-state index contributed by atoms with van der Waals surface area (Å²) in [5.74, 6) is 1.34. The van der Waals surface area contributed by atoms with Crippen LogP contribution >= 0.6 is 0 Å². The average Bonchev–Trinajstić information content (AvgIpc) is 3.02. The molecule has 0 aliphatic heterocycles. The fourth-order valence-corrected chi connectivity index (χ4v) is 4.43. The fraction of sp³-hybridized carbons (Fsp3) is 0.333. The van der Waals surface area contributed by atoms with Crippen molar-refractivity contribution in [2.75, 3.05) is 11.0 Å². The molecule has 0 unspecified atom stereocenters. The molecule has 132 valence electrons. The number of anilines is 1. The molecule has 0 aromatic heterocycles. The first kappa shape index (κ1) is 17.7. The van der Waals surface area contributed by atoms with Crippen LogP contribution in [0.5, 0.6) is 0 Å². The first-order valence-electron chi connectivity index (χ1n) is 8.75. The molecule has 1 N–H and O–H groups in total. The first-order valence-corrected chi connectivity index (χ1v) is 10.6. The van der Waals surface area contributed by atoms with E-state index in [1.54, 1.807) is 6.07 Å². The van der Waals surface area contributed by atoms with Gasteiger partial charge in [-0.2, -0.15) is 0 Å². The van der Waals surface area contributed by atoms with Gasteiger partial charge in [0.2, 0.25) is 10.0 Å². The van der Waals surface area contributed by atoms with E-state index in [9.17, 15) is 8.42 Å². The van der Waals surface area contributed by atoms with Gasteiger partial charge in [0, 0.05) is 5.69 Å². The van der Waals surface area contributed by atoms with Crippen LogP contribution in [0.1, 0.15) is 37.2 Å². The minimum absolute atomic E-state index is 0.589. The monoisotopic (exact) mass is 355 g/mol. The highest BCUT2D eigenvalue weighted by Gasteiger charge is 2.27. The molecule has 1 aliphatic carbocycles. The van der Waals surface area contributed by atoms with Gasteiger partial charge in [-0.25, -0.2) is 8.42 Å². The van der Waals surface area contributed by atoms with Crippen molar-refractivity contribution in [2.24, 2.45) is 5.92 Å². The molecule has 25 heavy (non-hydrogen) atoms. The number of hydrogen-bond donors (Lipinski definition) is 1. The molecule has 1 fully saturated rings. The number of sulfonamides is 1. The molecule has 0 amide bonds. The standard InChI is InChI=1S/C21H25NO2S/c1-3-6-17-7-5-10-21(17)18-13-11-16(12-14-18)19-8-4-9-20(15-19)22-25(2,23)24/h3-4,8-9,11-15,17,21-22H,1,5-7,10H2,2H3/t17-,21+/m1/s1. The van der Waals surface area contributed by atoms with Gasteiger partial charge in [0.25, 0.3) is 0 Å². The lowest BCUT2D eigenvalue weighted by molar-refractivity contribution is 0.491. The van der Waals surface area contributed by atoms with Gasteiger partial charge in [0.1, 0.15) is 0 Å². The van der Waals surface area contributed by atoms with Crippen molar-refractivity contribution in [2.45, 2.75) is 31.6 Å². The highest BCUT2D eigenvalue weighted by Crippen LogP contribution is 2.42. The number of allylic oxidation sites excluding steroid dienone is 1. The maximum absolute atomic E-state index is 11.4. The first-order chi connectivity index (χ1) is 12.0. The largest absolute Gasteiger partial charge is 0.284 e. The average molecular weight is 356 g/mol. The lowest BCUT2D eigenvalue weighted by Crippen LogP contribution is -2.09. The summed E-state index contributed by atoms with van der Waals surface area (Å²) < 4.78 is 25.3. The molecule has 2 atom stereocenters. The van der Waals surface area contributed by atoms with Crippen LogP contribution in [0.3, 0.4) is 0 Å². The third kappa shape index (κ3) is 4.51. The molecule has 1 aliphatic rings. The van der Waals surface area contributed by atoms with Crippen molar-refractivity contribution < 1.29 is 8.42 Å². The van der Waals surface area contributed by atoms with E-state index in [0.717, 1.165) is 23.8 Å². The molecule has 0 bridgehead atoms. The molecule has 0 radical (unpaired) electrons. The molecule has 2 aromatic rings. The van der Waals surface area contributed by atoms with Crippen LogP contribution < -0.4 is 4.72 Å². The molecular formula is C21H25NO2S. The van der Waals surface area contributed by atoms with Crippen LogP contribution in [0, 0.1) is 5.92 Å². The van der Waals surface area contributed by atoms with Gasteiger partial charge >= 0.3 is 0 Å². The zero-order chi connectivity index (χ0) is 17.9. The van der Waals surface area contributed by atoms with Gasteiger partial charge in [0.05, 0.1) is 6.26 Å². The minimum Gasteiger partial charge on any atom is -0.284 e. The van der Waals surface area contributed by atoms with Gasteiger partial charge in [0.15, 0.2) is 0 Å². The number of nitrogens with one attached hydrogen (secondary N) is 1. The molecule has 2 aromatic carbocycles. The molecular weight excluding hydrogens is 330 g/mol. The summed E-state index contributed by atoms with van der Waals surface area (Å²) in [4.78, 5) is 0. The highest BCUT2D eigenvalue weighted by atomic mass is 32.2. The van der Waals surface area contributed by atoms with Crippen LogP contribution in [0.4, 0.5) is 5.69 Å². The van der Waals surface area contributed by atoms with Gasteiger partial charge in [-0.3, -0.25) is 4.72 Å². The smallest absolute Gasteiger partial charge is 0.229 e. The quantitative estimate of drug-likeness (QED) is 0.725. The van der Waals surface area contributed by atoms with Crippen LogP contribution in [0.25, 0.3) is 11.1 Å². The number of benzene rings is 2. The van der Waals surface area contributed by atoms with Crippen molar-refractivity contribution >= 4 is 15.7 Å². The second kappa shape index (κ2) is 7.44. The Morgan fingerprint density at radius 3 is 2.56 bits per heavy atom. The second-order valence-corrected chi connectivity index (χ2v) is 8.65.